The normalized spacial score (nSPS) is 11.9. The third kappa shape index (κ3) is 4.86. The van der Waals surface area contributed by atoms with Crippen LogP contribution < -0.4 is 0 Å². The minimum Gasteiger partial charge on any atom is -0.309 e. The van der Waals surface area contributed by atoms with Gasteiger partial charge in [0.2, 0.25) is 0 Å². The van der Waals surface area contributed by atoms with Crippen molar-refractivity contribution in [2.45, 2.75) is 0 Å². The van der Waals surface area contributed by atoms with Crippen molar-refractivity contribution < 1.29 is 0 Å². The number of rotatable bonds is 5. The predicted molar refractivity (Wildman–Crippen MR) is 240 cm³/mol. The lowest BCUT2D eigenvalue weighted by Gasteiger charge is -2.12. The van der Waals surface area contributed by atoms with Crippen LogP contribution in [-0.4, -0.2) is 13.7 Å². The van der Waals surface area contributed by atoms with Crippen molar-refractivity contribution in [3.8, 4) is 39.3 Å². The molecule has 0 aliphatic rings. The molecule has 3 heteroatoms. The molecule has 9 aromatic carbocycles. The maximum absolute atomic E-state index is 2.44. The molecule has 0 N–H and O–H groups in total. The maximum atomic E-state index is 2.44. The third-order valence-corrected chi connectivity index (χ3v) is 11.8. The van der Waals surface area contributed by atoms with Crippen molar-refractivity contribution in [2.24, 2.45) is 0 Å². The molecule has 0 radical (unpaired) electrons. The number of hydrogen-bond acceptors (Lipinski definition) is 0. The Kier molecular flexibility index (Phi) is 6.93. The highest BCUT2D eigenvalue weighted by molar-refractivity contribution is 6.19. The highest BCUT2D eigenvalue weighted by atomic mass is 15.0. The van der Waals surface area contributed by atoms with Crippen LogP contribution >= 0.6 is 0 Å². The van der Waals surface area contributed by atoms with Gasteiger partial charge in [-0.15, -0.1) is 0 Å². The Balaban J connectivity index is 0.987. The van der Waals surface area contributed by atoms with E-state index in [1.165, 1.54) is 87.7 Å². The Bertz CT molecular complexity index is 3440. The summed E-state index contributed by atoms with van der Waals surface area (Å²) in [7, 11) is 0. The van der Waals surface area contributed by atoms with Gasteiger partial charge in [0.25, 0.3) is 0 Å². The topological polar surface area (TPSA) is 14.8 Å². The van der Waals surface area contributed by atoms with E-state index in [4.69, 9.17) is 0 Å². The summed E-state index contributed by atoms with van der Waals surface area (Å²) in [6, 6.07) is 77.4. The van der Waals surface area contributed by atoms with Gasteiger partial charge in [0, 0.05) is 49.4 Å². The van der Waals surface area contributed by atoms with E-state index in [1.807, 2.05) is 0 Å². The SMILES string of the molecule is c1ccc(-c2cccc(-n3c4ccccc4c4cc5c6ccccc6n(-c6ccc(-c7ccc(-n8c9ccccc9c9ccccc98)cc7)cc6)c5cc43)c2)cc1. The number of fused-ring (bicyclic) bond motifs is 9. The van der Waals surface area contributed by atoms with E-state index in [-0.39, 0.29) is 0 Å². The van der Waals surface area contributed by atoms with E-state index in [0.717, 1.165) is 17.1 Å². The second-order valence-electron chi connectivity index (χ2n) is 15.0. The molecule has 12 rings (SSSR count). The van der Waals surface area contributed by atoms with Gasteiger partial charge >= 0.3 is 0 Å². The van der Waals surface area contributed by atoms with Crippen LogP contribution in [0, 0.1) is 0 Å². The van der Waals surface area contributed by atoms with Gasteiger partial charge in [-0.05, 0) is 95.1 Å². The maximum Gasteiger partial charge on any atom is 0.0562 e. The molecule has 0 saturated carbocycles. The Labute approximate surface area is 329 Å². The molecule has 12 aromatic rings. The molecule has 3 nitrogen and oxygen atoms in total. The van der Waals surface area contributed by atoms with Crippen molar-refractivity contribution in [3.63, 3.8) is 0 Å². The highest BCUT2D eigenvalue weighted by Gasteiger charge is 2.19. The number of benzene rings is 9. The van der Waals surface area contributed by atoms with E-state index in [1.54, 1.807) is 0 Å². The molecule has 0 fully saturated rings. The minimum absolute atomic E-state index is 1.14. The fraction of sp³-hybridized carbons (Fsp3) is 0. The summed E-state index contributed by atoms with van der Waals surface area (Å²) < 4.78 is 7.24. The zero-order valence-electron chi connectivity index (χ0n) is 31.0. The van der Waals surface area contributed by atoms with Crippen molar-refractivity contribution in [1.29, 1.82) is 0 Å². The molecule has 0 spiro atoms. The minimum atomic E-state index is 1.14. The summed E-state index contributed by atoms with van der Waals surface area (Å²) in [4.78, 5) is 0. The van der Waals surface area contributed by atoms with Crippen molar-refractivity contribution in [2.75, 3.05) is 0 Å². The van der Waals surface area contributed by atoms with E-state index < -0.39 is 0 Å². The van der Waals surface area contributed by atoms with Gasteiger partial charge in [-0.25, -0.2) is 0 Å². The summed E-state index contributed by atoms with van der Waals surface area (Å²) >= 11 is 0. The molecule has 0 unspecified atom stereocenters. The van der Waals surface area contributed by atoms with Crippen molar-refractivity contribution >= 4 is 65.4 Å². The third-order valence-electron chi connectivity index (χ3n) is 11.8. The second-order valence-corrected chi connectivity index (χ2v) is 15.0. The van der Waals surface area contributed by atoms with Crippen LogP contribution in [0.3, 0.4) is 0 Å². The first kappa shape index (κ1) is 31.7. The molecule has 0 aliphatic heterocycles. The number of nitrogens with zero attached hydrogens (tertiary/aromatic N) is 3. The number of aromatic nitrogens is 3. The van der Waals surface area contributed by atoms with E-state index in [9.17, 15) is 0 Å². The Morgan fingerprint density at radius 3 is 1.05 bits per heavy atom. The fourth-order valence-electron chi connectivity index (χ4n) is 9.25. The summed E-state index contributed by atoms with van der Waals surface area (Å²) in [5.74, 6) is 0. The van der Waals surface area contributed by atoms with E-state index >= 15 is 0 Å². The van der Waals surface area contributed by atoms with E-state index in [0.29, 0.717) is 0 Å². The molecule has 0 aliphatic carbocycles. The lowest BCUT2D eigenvalue weighted by molar-refractivity contribution is 1.16. The molecule has 3 aromatic heterocycles. The monoisotopic (exact) mass is 725 g/mol. The zero-order valence-corrected chi connectivity index (χ0v) is 31.0. The van der Waals surface area contributed by atoms with Crippen molar-refractivity contribution in [1.82, 2.24) is 13.7 Å². The van der Waals surface area contributed by atoms with Gasteiger partial charge in [-0.3, -0.25) is 0 Å². The number of para-hydroxylation sites is 4. The zero-order chi connectivity index (χ0) is 37.5. The quantitative estimate of drug-likeness (QED) is 0.168. The Morgan fingerprint density at radius 2 is 0.561 bits per heavy atom. The second kappa shape index (κ2) is 12.5. The summed E-state index contributed by atoms with van der Waals surface area (Å²) in [6.45, 7) is 0. The molecular formula is C54H35N3. The van der Waals surface area contributed by atoms with Gasteiger partial charge in [0.1, 0.15) is 0 Å². The lowest BCUT2D eigenvalue weighted by Crippen LogP contribution is -1.96. The average molecular weight is 726 g/mol. The molecule has 0 atom stereocenters. The highest BCUT2D eigenvalue weighted by Crippen LogP contribution is 2.40. The van der Waals surface area contributed by atoms with Gasteiger partial charge in [0.15, 0.2) is 0 Å². The molecule has 266 valence electrons. The van der Waals surface area contributed by atoms with Crippen LogP contribution in [0.4, 0.5) is 0 Å². The molecule has 3 heterocycles. The number of hydrogen-bond donors (Lipinski definition) is 0. The van der Waals surface area contributed by atoms with Gasteiger partial charge < -0.3 is 13.7 Å². The standard InChI is InChI=1S/C54H35N3/c1-2-13-36(14-3-1)39-15-12-16-42(33-39)57-52-24-11-7-20-46(52)48-34-47-45-19-6-10-23-51(45)56(53(47)35-54(48)57)41-31-27-38(28-32-41)37-25-29-40(30-26-37)55-49-21-8-4-17-43(49)44-18-5-9-22-50(44)55/h1-35H. The van der Waals surface area contributed by atoms with Gasteiger partial charge in [-0.1, -0.05) is 140 Å². The molecule has 0 bridgehead atoms. The largest absolute Gasteiger partial charge is 0.309 e. The fourth-order valence-corrected chi connectivity index (χ4v) is 9.25. The molecule has 57 heavy (non-hydrogen) atoms. The average Bonchev–Trinajstić information content (AvgIpc) is 3.91. The van der Waals surface area contributed by atoms with Crippen LogP contribution in [0.2, 0.25) is 0 Å². The van der Waals surface area contributed by atoms with Crippen LogP contribution in [0.5, 0.6) is 0 Å². The summed E-state index contributed by atoms with van der Waals surface area (Å²) in [6.07, 6.45) is 0. The van der Waals surface area contributed by atoms with Gasteiger partial charge in [0.05, 0.1) is 33.1 Å². The van der Waals surface area contributed by atoms with Gasteiger partial charge in [-0.2, -0.15) is 0 Å². The predicted octanol–water partition coefficient (Wildman–Crippen LogP) is 14.3. The molecule has 0 saturated heterocycles. The van der Waals surface area contributed by atoms with E-state index in [2.05, 4.69) is 226 Å². The van der Waals surface area contributed by atoms with Crippen LogP contribution in [-0.2, 0) is 0 Å². The lowest BCUT2D eigenvalue weighted by atomic mass is 10.0. The first-order valence-electron chi connectivity index (χ1n) is 19.6. The first-order chi connectivity index (χ1) is 28.3. The molecule has 0 amide bonds. The summed E-state index contributed by atoms with van der Waals surface area (Å²) in [5, 5.41) is 7.57. The first-order valence-corrected chi connectivity index (χ1v) is 19.6. The molecular weight excluding hydrogens is 691 g/mol. The Morgan fingerprint density at radius 1 is 0.193 bits per heavy atom. The Hall–Kier alpha value is -7.62. The van der Waals surface area contributed by atoms with Crippen LogP contribution in [0.1, 0.15) is 0 Å². The van der Waals surface area contributed by atoms with Crippen molar-refractivity contribution in [3.05, 3.63) is 212 Å². The van der Waals surface area contributed by atoms with Crippen LogP contribution in [0.15, 0.2) is 212 Å². The summed E-state index contributed by atoms with van der Waals surface area (Å²) in [5.41, 5.74) is 15.5. The van der Waals surface area contributed by atoms with Crippen LogP contribution in [0.25, 0.3) is 105 Å². The smallest absolute Gasteiger partial charge is 0.0562 e.